The SMILES string of the molecule is C=C(C(=O)OC1C2OC3C1OC1(C)CCC2C31)C(F)(F)F. The number of hydrogen-bond acceptors (Lipinski definition) is 4. The molecule has 0 aromatic heterocycles. The Morgan fingerprint density at radius 1 is 1.33 bits per heavy atom. The Labute approximate surface area is 119 Å². The molecule has 0 N–H and O–H groups in total. The van der Waals surface area contributed by atoms with Gasteiger partial charge in [-0.1, -0.05) is 6.58 Å². The van der Waals surface area contributed by atoms with Crippen molar-refractivity contribution in [2.45, 2.75) is 56.0 Å². The van der Waals surface area contributed by atoms with E-state index < -0.39 is 29.9 Å². The molecule has 1 saturated carbocycles. The maximum absolute atomic E-state index is 12.5. The van der Waals surface area contributed by atoms with Crippen LogP contribution in [0.1, 0.15) is 19.8 Å². The number of carbonyl (C=O) groups excluding carboxylic acids is 1. The summed E-state index contributed by atoms with van der Waals surface area (Å²) in [6.45, 7) is 4.78. The fourth-order valence-electron chi connectivity index (χ4n) is 4.58. The van der Waals surface area contributed by atoms with E-state index in [0.29, 0.717) is 0 Å². The van der Waals surface area contributed by atoms with E-state index in [0.717, 1.165) is 12.8 Å². The van der Waals surface area contributed by atoms with Crippen LogP contribution in [-0.4, -0.2) is 42.2 Å². The van der Waals surface area contributed by atoms with Gasteiger partial charge in [0.15, 0.2) is 6.10 Å². The van der Waals surface area contributed by atoms with E-state index in [4.69, 9.17) is 14.2 Å². The fraction of sp³-hybridized carbons (Fsp3) is 0.786. The second-order valence-electron chi connectivity index (χ2n) is 6.53. The molecule has 3 saturated heterocycles. The van der Waals surface area contributed by atoms with Crippen LogP contribution in [0.15, 0.2) is 12.2 Å². The highest BCUT2D eigenvalue weighted by Gasteiger charge is 2.74. The maximum atomic E-state index is 12.5. The first kappa shape index (κ1) is 13.6. The van der Waals surface area contributed by atoms with E-state index in [-0.39, 0.29) is 29.6 Å². The first-order valence-electron chi connectivity index (χ1n) is 7.03. The normalized spacial score (nSPS) is 49.7. The topological polar surface area (TPSA) is 44.8 Å². The molecule has 4 nitrogen and oxygen atoms in total. The van der Waals surface area contributed by atoms with Crippen molar-refractivity contribution < 1.29 is 32.2 Å². The van der Waals surface area contributed by atoms with E-state index in [1.54, 1.807) is 0 Å². The van der Waals surface area contributed by atoms with Crippen LogP contribution in [0.5, 0.6) is 0 Å². The summed E-state index contributed by atoms with van der Waals surface area (Å²) in [6, 6.07) is 0. The van der Waals surface area contributed by atoms with Gasteiger partial charge in [-0.25, -0.2) is 4.79 Å². The van der Waals surface area contributed by atoms with Crippen molar-refractivity contribution in [1.29, 1.82) is 0 Å². The van der Waals surface area contributed by atoms with Gasteiger partial charge in [-0.2, -0.15) is 13.2 Å². The molecule has 4 rings (SSSR count). The zero-order chi connectivity index (χ0) is 15.2. The second-order valence-corrected chi connectivity index (χ2v) is 6.53. The Morgan fingerprint density at radius 2 is 2.05 bits per heavy atom. The molecule has 0 spiro atoms. The van der Waals surface area contributed by atoms with E-state index in [1.165, 1.54) is 0 Å². The monoisotopic (exact) mass is 304 g/mol. The van der Waals surface area contributed by atoms with Crippen LogP contribution in [0.4, 0.5) is 13.2 Å². The van der Waals surface area contributed by atoms with Gasteiger partial charge in [0.2, 0.25) is 0 Å². The van der Waals surface area contributed by atoms with Crippen molar-refractivity contribution in [1.82, 2.24) is 0 Å². The van der Waals surface area contributed by atoms with Gasteiger partial charge >= 0.3 is 12.1 Å². The second kappa shape index (κ2) is 3.81. The van der Waals surface area contributed by atoms with Crippen molar-refractivity contribution in [2.24, 2.45) is 11.8 Å². The number of alkyl halides is 3. The molecule has 2 bridgehead atoms. The Balaban J connectivity index is 1.54. The summed E-state index contributed by atoms with van der Waals surface area (Å²) in [5, 5.41) is 0. The lowest BCUT2D eigenvalue weighted by molar-refractivity contribution is -0.166. The molecular weight excluding hydrogens is 289 g/mol. The molecule has 7 unspecified atom stereocenters. The summed E-state index contributed by atoms with van der Waals surface area (Å²) < 4.78 is 54.4. The average molecular weight is 304 g/mol. The summed E-state index contributed by atoms with van der Waals surface area (Å²) in [5.41, 5.74) is -1.78. The van der Waals surface area contributed by atoms with Crippen LogP contribution < -0.4 is 0 Å². The van der Waals surface area contributed by atoms with Crippen LogP contribution in [0.2, 0.25) is 0 Å². The largest absolute Gasteiger partial charge is 0.453 e. The number of rotatable bonds is 2. The molecule has 4 aliphatic rings. The third-order valence-corrected chi connectivity index (χ3v) is 5.44. The maximum Gasteiger partial charge on any atom is 0.422 e. The molecule has 4 fully saturated rings. The van der Waals surface area contributed by atoms with Gasteiger partial charge in [0, 0.05) is 5.92 Å². The molecule has 7 heteroatoms. The Hall–Kier alpha value is -1.08. The number of halogens is 3. The zero-order valence-electron chi connectivity index (χ0n) is 11.4. The van der Waals surface area contributed by atoms with Gasteiger partial charge < -0.3 is 14.2 Å². The van der Waals surface area contributed by atoms with E-state index in [9.17, 15) is 18.0 Å². The van der Waals surface area contributed by atoms with Gasteiger partial charge in [-0.15, -0.1) is 0 Å². The third kappa shape index (κ3) is 1.61. The number of carbonyl (C=O) groups is 1. The minimum atomic E-state index is -4.78. The van der Waals surface area contributed by atoms with Crippen molar-refractivity contribution in [3.8, 4) is 0 Å². The van der Waals surface area contributed by atoms with Crippen LogP contribution in [0, 0.1) is 11.8 Å². The van der Waals surface area contributed by atoms with Crippen LogP contribution >= 0.6 is 0 Å². The third-order valence-electron chi connectivity index (χ3n) is 5.44. The Morgan fingerprint density at radius 3 is 2.71 bits per heavy atom. The van der Waals surface area contributed by atoms with Gasteiger partial charge in [0.05, 0.1) is 11.7 Å². The summed E-state index contributed by atoms with van der Waals surface area (Å²) in [7, 11) is 0. The molecule has 116 valence electrons. The smallest absolute Gasteiger partial charge is 0.422 e. The first-order valence-corrected chi connectivity index (χ1v) is 7.03. The van der Waals surface area contributed by atoms with E-state index in [2.05, 4.69) is 6.58 Å². The van der Waals surface area contributed by atoms with Crippen molar-refractivity contribution in [2.75, 3.05) is 0 Å². The summed E-state index contributed by atoms with van der Waals surface area (Å²) >= 11 is 0. The molecule has 21 heavy (non-hydrogen) atoms. The zero-order valence-corrected chi connectivity index (χ0v) is 11.4. The molecule has 3 heterocycles. The quantitative estimate of drug-likeness (QED) is 0.578. The molecule has 0 amide bonds. The Kier molecular flexibility index (Phi) is 2.46. The summed E-state index contributed by atoms with van der Waals surface area (Å²) in [6.07, 6.45) is -4.69. The standard InChI is InChI=1S/C14H15F3O4/c1-5(14(15,16)17)12(18)20-10-8-6-3-4-13(2)7(6)9(19-8)11(10)21-13/h6-11H,1,3-4H2,2H3. The molecule has 1 aliphatic carbocycles. The lowest BCUT2D eigenvalue weighted by atomic mass is 9.77. The average Bonchev–Trinajstić information content (AvgIpc) is 3.03. The molecule has 0 aromatic carbocycles. The fourth-order valence-corrected chi connectivity index (χ4v) is 4.58. The lowest BCUT2D eigenvalue weighted by Crippen LogP contribution is -2.44. The Bertz CT molecular complexity index is 523. The lowest BCUT2D eigenvalue weighted by Gasteiger charge is -2.28. The number of hydrogen-bond donors (Lipinski definition) is 0. The molecular formula is C14H15F3O4. The van der Waals surface area contributed by atoms with E-state index in [1.807, 2.05) is 6.92 Å². The predicted molar refractivity (Wildman–Crippen MR) is 63.2 cm³/mol. The molecule has 0 aromatic rings. The van der Waals surface area contributed by atoms with Crippen LogP contribution in [0.25, 0.3) is 0 Å². The molecule has 7 atom stereocenters. The number of fused-ring (bicyclic) bond motifs is 2. The minimum Gasteiger partial charge on any atom is -0.453 e. The minimum absolute atomic E-state index is 0.163. The van der Waals surface area contributed by atoms with Crippen LogP contribution in [-0.2, 0) is 19.0 Å². The van der Waals surface area contributed by atoms with Crippen molar-refractivity contribution in [3.05, 3.63) is 12.2 Å². The van der Waals surface area contributed by atoms with Crippen LogP contribution in [0.3, 0.4) is 0 Å². The predicted octanol–water partition coefficient (Wildman–Crippen LogP) is 1.98. The van der Waals surface area contributed by atoms with E-state index >= 15 is 0 Å². The highest BCUT2D eigenvalue weighted by molar-refractivity contribution is 5.89. The first-order chi connectivity index (χ1) is 9.72. The highest BCUT2D eigenvalue weighted by atomic mass is 19.4. The van der Waals surface area contributed by atoms with Gasteiger partial charge in [-0.3, -0.25) is 0 Å². The van der Waals surface area contributed by atoms with Crippen molar-refractivity contribution in [3.63, 3.8) is 0 Å². The number of esters is 1. The summed E-state index contributed by atoms with van der Waals surface area (Å²) in [5.74, 6) is -0.958. The summed E-state index contributed by atoms with van der Waals surface area (Å²) in [4.78, 5) is 11.6. The molecule has 0 radical (unpaired) electrons. The van der Waals surface area contributed by atoms with Gasteiger partial charge in [0.25, 0.3) is 0 Å². The van der Waals surface area contributed by atoms with Gasteiger partial charge in [-0.05, 0) is 25.7 Å². The number of ether oxygens (including phenoxy) is 3. The van der Waals surface area contributed by atoms with Gasteiger partial charge in [0.1, 0.15) is 17.8 Å². The highest BCUT2D eigenvalue weighted by Crippen LogP contribution is 2.63. The van der Waals surface area contributed by atoms with Crippen molar-refractivity contribution >= 4 is 5.97 Å². The molecule has 3 aliphatic heterocycles.